The molecule has 20 heavy (non-hydrogen) atoms. The molecule has 1 N–H and O–H groups in total. The zero-order valence-corrected chi connectivity index (χ0v) is 12.7. The number of ether oxygens (including phenoxy) is 2. The smallest absolute Gasteiger partial charge is 0.162 e. The minimum atomic E-state index is -0.694. The zero-order valence-electron chi connectivity index (χ0n) is 12.7. The quantitative estimate of drug-likeness (QED) is 0.870. The molecule has 0 radical (unpaired) electrons. The molecule has 0 spiro atoms. The van der Waals surface area contributed by atoms with Gasteiger partial charge in [-0.15, -0.1) is 0 Å². The summed E-state index contributed by atoms with van der Waals surface area (Å²) in [6.07, 6.45) is 6.77. The molecule has 5 heteroatoms. The Morgan fingerprint density at radius 3 is 2.70 bits per heavy atom. The first-order chi connectivity index (χ1) is 9.69. The first-order valence-corrected chi connectivity index (χ1v) is 7.54. The number of aliphatic hydroxyl groups excluding tert-OH is 1. The molecule has 1 heterocycles. The Hall–Kier alpha value is -1.07. The molecule has 2 atom stereocenters. The van der Waals surface area contributed by atoms with Gasteiger partial charge in [0.2, 0.25) is 0 Å². The van der Waals surface area contributed by atoms with E-state index in [-0.39, 0.29) is 6.10 Å². The van der Waals surface area contributed by atoms with Gasteiger partial charge in [0.25, 0.3) is 0 Å². The molecule has 0 amide bonds. The fourth-order valence-electron chi connectivity index (χ4n) is 3.22. The fourth-order valence-corrected chi connectivity index (χ4v) is 3.22. The topological polar surface area (TPSA) is 56.5 Å². The van der Waals surface area contributed by atoms with Gasteiger partial charge < -0.3 is 14.6 Å². The molecule has 1 aromatic heterocycles. The average Bonchev–Trinajstić information content (AvgIpc) is 2.86. The zero-order chi connectivity index (χ0) is 14.5. The number of hydrogen-bond donors (Lipinski definition) is 1. The van der Waals surface area contributed by atoms with E-state index in [2.05, 4.69) is 5.10 Å². The van der Waals surface area contributed by atoms with Gasteiger partial charge in [-0.3, -0.25) is 4.68 Å². The molecular weight excluding hydrogens is 256 g/mol. The van der Waals surface area contributed by atoms with E-state index in [1.165, 1.54) is 19.3 Å². The van der Waals surface area contributed by atoms with Crippen LogP contribution < -0.4 is 4.74 Å². The van der Waals surface area contributed by atoms with Crippen LogP contribution in [0.25, 0.3) is 0 Å². The van der Waals surface area contributed by atoms with Crippen LogP contribution in [0.3, 0.4) is 0 Å². The SMILES string of the molecule is CCOC(C1CCCCC1)C(O)c1c(OC)cnn1C. The van der Waals surface area contributed by atoms with Crippen molar-refractivity contribution in [3.63, 3.8) is 0 Å². The lowest BCUT2D eigenvalue weighted by Crippen LogP contribution is -2.33. The third-order valence-electron chi connectivity index (χ3n) is 4.23. The number of methoxy groups -OCH3 is 1. The third-order valence-corrected chi connectivity index (χ3v) is 4.23. The van der Waals surface area contributed by atoms with E-state index in [4.69, 9.17) is 9.47 Å². The Morgan fingerprint density at radius 2 is 2.10 bits per heavy atom. The molecule has 1 aliphatic rings. The maximum Gasteiger partial charge on any atom is 0.162 e. The van der Waals surface area contributed by atoms with Gasteiger partial charge in [0.05, 0.1) is 19.4 Å². The van der Waals surface area contributed by atoms with Crippen molar-refractivity contribution >= 4 is 0 Å². The standard InChI is InChI=1S/C15H26N2O3/c1-4-20-15(11-8-6-5-7-9-11)14(18)13-12(19-3)10-16-17(13)2/h10-11,14-15,18H,4-9H2,1-3H3. The van der Waals surface area contributed by atoms with E-state index >= 15 is 0 Å². The lowest BCUT2D eigenvalue weighted by molar-refractivity contribution is -0.0771. The highest BCUT2D eigenvalue weighted by molar-refractivity contribution is 5.28. The maximum atomic E-state index is 10.8. The van der Waals surface area contributed by atoms with Crippen molar-refractivity contribution in [3.8, 4) is 5.75 Å². The summed E-state index contributed by atoms with van der Waals surface area (Å²) in [6.45, 7) is 2.58. The minimum absolute atomic E-state index is 0.176. The normalized spacial score (nSPS) is 19.8. The predicted octanol–water partition coefficient (Wildman–Crippen LogP) is 2.45. The molecule has 114 valence electrons. The average molecular weight is 282 g/mol. The lowest BCUT2D eigenvalue weighted by atomic mass is 9.82. The molecule has 0 bridgehead atoms. The third kappa shape index (κ3) is 3.15. The summed E-state index contributed by atoms with van der Waals surface area (Å²) in [5.74, 6) is 1.04. The number of aryl methyl sites for hydroxylation is 1. The number of nitrogens with zero attached hydrogens (tertiary/aromatic N) is 2. The monoisotopic (exact) mass is 282 g/mol. The van der Waals surface area contributed by atoms with Crippen LogP contribution in [0.2, 0.25) is 0 Å². The summed E-state index contributed by atoms with van der Waals surface area (Å²) in [5.41, 5.74) is 0.705. The maximum absolute atomic E-state index is 10.8. The summed E-state index contributed by atoms with van der Waals surface area (Å²) < 4.78 is 12.9. The summed E-state index contributed by atoms with van der Waals surface area (Å²) in [4.78, 5) is 0. The highest BCUT2D eigenvalue weighted by Crippen LogP contribution is 2.36. The highest BCUT2D eigenvalue weighted by atomic mass is 16.5. The van der Waals surface area contributed by atoms with Gasteiger partial charge in [-0.2, -0.15) is 5.10 Å². The van der Waals surface area contributed by atoms with Crippen molar-refractivity contribution in [3.05, 3.63) is 11.9 Å². The van der Waals surface area contributed by atoms with Crippen molar-refractivity contribution in [2.45, 2.75) is 51.2 Å². The van der Waals surface area contributed by atoms with E-state index in [1.54, 1.807) is 18.0 Å². The summed E-state index contributed by atoms with van der Waals surface area (Å²) in [6, 6.07) is 0. The van der Waals surface area contributed by atoms with E-state index in [0.29, 0.717) is 24.0 Å². The Balaban J connectivity index is 2.20. The van der Waals surface area contributed by atoms with Crippen molar-refractivity contribution < 1.29 is 14.6 Å². The molecule has 0 aromatic carbocycles. The summed E-state index contributed by atoms with van der Waals surface area (Å²) in [7, 11) is 3.43. The molecule has 1 fully saturated rings. The lowest BCUT2D eigenvalue weighted by Gasteiger charge is -2.33. The van der Waals surface area contributed by atoms with Crippen LogP contribution in [-0.2, 0) is 11.8 Å². The molecule has 0 aliphatic heterocycles. The molecule has 1 saturated carbocycles. The van der Waals surface area contributed by atoms with Gasteiger partial charge in [0.1, 0.15) is 11.8 Å². The Bertz CT molecular complexity index is 413. The van der Waals surface area contributed by atoms with Crippen LogP contribution in [0.15, 0.2) is 6.20 Å². The summed E-state index contributed by atoms with van der Waals surface area (Å²) in [5, 5.41) is 15.0. The first-order valence-electron chi connectivity index (χ1n) is 7.54. The van der Waals surface area contributed by atoms with E-state index < -0.39 is 6.10 Å². The van der Waals surface area contributed by atoms with Crippen LogP contribution >= 0.6 is 0 Å². The molecular formula is C15H26N2O3. The van der Waals surface area contributed by atoms with Gasteiger partial charge in [-0.1, -0.05) is 19.3 Å². The number of aromatic nitrogens is 2. The molecule has 1 aliphatic carbocycles. The minimum Gasteiger partial charge on any atom is -0.493 e. The van der Waals surface area contributed by atoms with Crippen LogP contribution in [0, 0.1) is 5.92 Å². The second-order valence-electron chi connectivity index (χ2n) is 5.48. The van der Waals surface area contributed by atoms with E-state index in [1.807, 2.05) is 14.0 Å². The number of aliphatic hydroxyl groups is 1. The highest BCUT2D eigenvalue weighted by Gasteiger charge is 2.34. The van der Waals surface area contributed by atoms with Gasteiger partial charge in [0.15, 0.2) is 5.75 Å². The Morgan fingerprint density at radius 1 is 1.40 bits per heavy atom. The van der Waals surface area contributed by atoms with Gasteiger partial charge in [0, 0.05) is 13.7 Å². The first kappa shape index (κ1) is 15.3. The molecule has 1 aromatic rings. The fraction of sp³-hybridized carbons (Fsp3) is 0.800. The number of rotatable bonds is 6. The Labute approximate surface area is 120 Å². The van der Waals surface area contributed by atoms with Crippen LogP contribution in [0.4, 0.5) is 0 Å². The molecule has 0 saturated heterocycles. The molecule has 2 unspecified atom stereocenters. The van der Waals surface area contributed by atoms with Gasteiger partial charge in [-0.25, -0.2) is 0 Å². The largest absolute Gasteiger partial charge is 0.493 e. The summed E-state index contributed by atoms with van der Waals surface area (Å²) >= 11 is 0. The van der Waals surface area contributed by atoms with E-state index in [0.717, 1.165) is 12.8 Å². The van der Waals surface area contributed by atoms with Crippen LogP contribution in [0.5, 0.6) is 5.75 Å². The van der Waals surface area contributed by atoms with Crippen molar-refractivity contribution in [1.82, 2.24) is 9.78 Å². The van der Waals surface area contributed by atoms with Crippen molar-refractivity contribution in [1.29, 1.82) is 0 Å². The molecule has 5 nitrogen and oxygen atoms in total. The van der Waals surface area contributed by atoms with E-state index in [9.17, 15) is 5.11 Å². The van der Waals surface area contributed by atoms with Crippen LogP contribution in [0.1, 0.15) is 50.8 Å². The van der Waals surface area contributed by atoms with Crippen molar-refractivity contribution in [2.75, 3.05) is 13.7 Å². The Kier molecular flexibility index (Phi) is 5.43. The second-order valence-corrected chi connectivity index (χ2v) is 5.48. The number of hydrogen-bond acceptors (Lipinski definition) is 4. The molecule has 2 rings (SSSR count). The predicted molar refractivity (Wildman–Crippen MR) is 76.7 cm³/mol. The van der Waals surface area contributed by atoms with Gasteiger partial charge in [-0.05, 0) is 25.7 Å². The van der Waals surface area contributed by atoms with Crippen molar-refractivity contribution in [2.24, 2.45) is 13.0 Å². The second kappa shape index (κ2) is 7.09. The van der Waals surface area contributed by atoms with Gasteiger partial charge >= 0.3 is 0 Å². The van der Waals surface area contributed by atoms with Crippen LogP contribution in [-0.4, -0.2) is 34.7 Å².